The van der Waals surface area contributed by atoms with Crippen molar-refractivity contribution in [2.75, 3.05) is 6.54 Å². The number of aromatic nitrogens is 3. The average molecular weight is 403 g/mol. The second-order valence-corrected chi connectivity index (χ2v) is 9.02. The standard InChI is InChI=1S/C25H30N4O/c1-25(2,3)20-10-8-19(9-11-20)24(30)27-16-17-29-22-7-5-4-6-21(22)23(28-29)18-12-14-26-15-13-18/h8-15H,4-7,16-17H2,1-3H3,(H,27,30). The third kappa shape index (κ3) is 4.30. The van der Waals surface area contributed by atoms with Crippen molar-refractivity contribution in [2.24, 2.45) is 0 Å². The van der Waals surface area contributed by atoms with E-state index in [1.807, 2.05) is 48.8 Å². The summed E-state index contributed by atoms with van der Waals surface area (Å²) in [5.41, 5.74) is 6.86. The molecule has 0 saturated carbocycles. The van der Waals surface area contributed by atoms with Gasteiger partial charge < -0.3 is 5.32 Å². The van der Waals surface area contributed by atoms with Crippen molar-refractivity contribution in [1.29, 1.82) is 0 Å². The zero-order chi connectivity index (χ0) is 21.1. The van der Waals surface area contributed by atoms with Crippen LogP contribution in [0.4, 0.5) is 0 Å². The minimum Gasteiger partial charge on any atom is -0.350 e. The van der Waals surface area contributed by atoms with Gasteiger partial charge in [0.15, 0.2) is 0 Å². The minimum atomic E-state index is -0.0363. The predicted molar refractivity (Wildman–Crippen MR) is 120 cm³/mol. The Kier molecular flexibility index (Phi) is 5.71. The van der Waals surface area contributed by atoms with Crippen molar-refractivity contribution in [3.05, 3.63) is 71.2 Å². The first-order chi connectivity index (χ1) is 14.4. The summed E-state index contributed by atoms with van der Waals surface area (Å²) >= 11 is 0. The predicted octanol–water partition coefficient (Wildman–Crippen LogP) is 4.55. The highest BCUT2D eigenvalue weighted by Gasteiger charge is 2.21. The minimum absolute atomic E-state index is 0.0363. The van der Waals surface area contributed by atoms with Crippen LogP contribution in [0.15, 0.2) is 48.8 Å². The second-order valence-electron chi connectivity index (χ2n) is 9.02. The Bertz CT molecular complexity index is 1010. The normalized spacial score (nSPS) is 13.7. The summed E-state index contributed by atoms with van der Waals surface area (Å²) in [6.45, 7) is 7.76. The van der Waals surface area contributed by atoms with E-state index in [-0.39, 0.29) is 11.3 Å². The van der Waals surface area contributed by atoms with Gasteiger partial charge in [0.2, 0.25) is 0 Å². The van der Waals surface area contributed by atoms with Crippen LogP contribution >= 0.6 is 0 Å². The molecule has 1 amide bonds. The Morgan fingerprint density at radius 2 is 1.73 bits per heavy atom. The van der Waals surface area contributed by atoms with Crippen LogP contribution in [0.25, 0.3) is 11.3 Å². The lowest BCUT2D eigenvalue weighted by Gasteiger charge is -2.19. The number of hydrogen-bond acceptors (Lipinski definition) is 3. The highest BCUT2D eigenvalue weighted by molar-refractivity contribution is 5.94. The summed E-state index contributed by atoms with van der Waals surface area (Å²) in [7, 11) is 0. The summed E-state index contributed by atoms with van der Waals surface area (Å²) < 4.78 is 2.09. The van der Waals surface area contributed by atoms with Gasteiger partial charge in [0.25, 0.3) is 5.91 Å². The number of fused-ring (bicyclic) bond motifs is 1. The van der Waals surface area contributed by atoms with Gasteiger partial charge in [-0.05, 0) is 60.9 Å². The Labute approximate surface area is 178 Å². The molecule has 0 unspecified atom stereocenters. The summed E-state index contributed by atoms with van der Waals surface area (Å²) in [6.07, 6.45) is 8.15. The van der Waals surface area contributed by atoms with E-state index in [0.29, 0.717) is 18.7 Å². The molecule has 0 bridgehead atoms. The number of nitrogens with one attached hydrogen (secondary N) is 1. The molecule has 156 valence electrons. The quantitative estimate of drug-likeness (QED) is 0.681. The Morgan fingerprint density at radius 3 is 2.43 bits per heavy atom. The molecule has 0 saturated heterocycles. The van der Waals surface area contributed by atoms with E-state index in [0.717, 1.165) is 24.1 Å². The van der Waals surface area contributed by atoms with Gasteiger partial charge in [-0.3, -0.25) is 14.5 Å². The fourth-order valence-electron chi connectivity index (χ4n) is 4.10. The van der Waals surface area contributed by atoms with Crippen LogP contribution in [-0.2, 0) is 24.8 Å². The van der Waals surface area contributed by atoms with Crippen molar-refractivity contribution in [1.82, 2.24) is 20.1 Å². The summed E-state index contributed by atoms with van der Waals surface area (Å²) in [4.78, 5) is 16.7. The lowest BCUT2D eigenvalue weighted by atomic mass is 9.87. The molecule has 0 spiro atoms. The molecule has 5 heteroatoms. The van der Waals surface area contributed by atoms with Gasteiger partial charge in [0, 0.05) is 41.3 Å². The van der Waals surface area contributed by atoms with Gasteiger partial charge in [0.1, 0.15) is 0 Å². The Hall–Kier alpha value is -2.95. The molecule has 0 radical (unpaired) electrons. The molecule has 1 aliphatic rings. The first kappa shape index (κ1) is 20.3. The van der Waals surface area contributed by atoms with E-state index >= 15 is 0 Å². The number of nitrogens with zero attached hydrogens (tertiary/aromatic N) is 3. The van der Waals surface area contributed by atoms with Crippen molar-refractivity contribution >= 4 is 5.91 Å². The molecule has 1 aromatic carbocycles. The van der Waals surface area contributed by atoms with Crippen molar-refractivity contribution in [3.8, 4) is 11.3 Å². The average Bonchev–Trinajstić information content (AvgIpc) is 3.13. The van der Waals surface area contributed by atoms with Gasteiger partial charge in [0.05, 0.1) is 12.2 Å². The second kappa shape index (κ2) is 8.42. The molecule has 0 fully saturated rings. The largest absolute Gasteiger partial charge is 0.350 e. The number of carbonyl (C=O) groups excluding carboxylic acids is 1. The highest BCUT2D eigenvalue weighted by Crippen LogP contribution is 2.30. The third-order valence-corrected chi connectivity index (χ3v) is 5.83. The van der Waals surface area contributed by atoms with Crippen molar-refractivity contribution < 1.29 is 4.79 Å². The fraction of sp³-hybridized carbons (Fsp3) is 0.400. The maximum Gasteiger partial charge on any atom is 0.251 e. The fourth-order valence-corrected chi connectivity index (χ4v) is 4.10. The molecule has 2 aromatic heterocycles. The molecular formula is C25H30N4O. The molecule has 3 aromatic rings. The van der Waals surface area contributed by atoms with E-state index in [4.69, 9.17) is 5.10 Å². The van der Waals surface area contributed by atoms with Gasteiger partial charge in [-0.2, -0.15) is 5.10 Å². The number of rotatable bonds is 5. The monoisotopic (exact) mass is 402 g/mol. The van der Waals surface area contributed by atoms with Gasteiger partial charge in [-0.15, -0.1) is 0 Å². The third-order valence-electron chi connectivity index (χ3n) is 5.83. The summed E-state index contributed by atoms with van der Waals surface area (Å²) in [5, 5.41) is 7.96. The molecule has 1 aliphatic carbocycles. The van der Waals surface area contributed by atoms with E-state index in [9.17, 15) is 4.79 Å². The van der Waals surface area contributed by atoms with Crippen LogP contribution in [0.5, 0.6) is 0 Å². The topological polar surface area (TPSA) is 59.8 Å². The first-order valence-electron chi connectivity index (χ1n) is 10.8. The van der Waals surface area contributed by atoms with E-state index in [1.165, 1.54) is 29.7 Å². The zero-order valence-corrected chi connectivity index (χ0v) is 18.1. The Balaban J connectivity index is 1.44. The molecule has 0 aliphatic heterocycles. The molecule has 30 heavy (non-hydrogen) atoms. The van der Waals surface area contributed by atoms with E-state index < -0.39 is 0 Å². The van der Waals surface area contributed by atoms with Crippen LogP contribution < -0.4 is 5.32 Å². The van der Waals surface area contributed by atoms with Gasteiger partial charge in [-0.1, -0.05) is 32.9 Å². The summed E-state index contributed by atoms with van der Waals surface area (Å²) in [5.74, 6) is -0.0363. The zero-order valence-electron chi connectivity index (χ0n) is 18.1. The van der Waals surface area contributed by atoms with Crippen molar-refractivity contribution in [3.63, 3.8) is 0 Å². The maximum atomic E-state index is 12.6. The van der Waals surface area contributed by atoms with Gasteiger partial charge in [-0.25, -0.2) is 0 Å². The highest BCUT2D eigenvalue weighted by atomic mass is 16.1. The number of pyridine rings is 1. The number of carbonyl (C=O) groups is 1. The summed E-state index contributed by atoms with van der Waals surface area (Å²) in [6, 6.07) is 11.9. The SMILES string of the molecule is CC(C)(C)c1ccc(C(=O)NCCn2nc(-c3ccncc3)c3c2CCCC3)cc1. The van der Waals surface area contributed by atoms with Crippen LogP contribution in [-0.4, -0.2) is 27.2 Å². The lowest BCUT2D eigenvalue weighted by molar-refractivity contribution is 0.0951. The Morgan fingerprint density at radius 1 is 1.03 bits per heavy atom. The van der Waals surface area contributed by atoms with Crippen LogP contribution in [0, 0.1) is 0 Å². The number of benzene rings is 1. The van der Waals surface area contributed by atoms with Crippen LogP contribution in [0.2, 0.25) is 0 Å². The molecule has 4 rings (SSSR count). The maximum absolute atomic E-state index is 12.6. The smallest absolute Gasteiger partial charge is 0.251 e. The molecule has 2 heterocycles. The molecule has 0 atom stereocenters. The first-order valence-corrected chi connectivity index (χ1v) is 10.8. The van der Waals surface area contributed by atoms with Crippen LogP contribution in [0.3, 0.4) is 0 Å². The van der Waals surface area contributed by atoms with E-state index in [1.54, 1.807) is 0 Å². The number of hydrogen-bond donors (Lipinski definition) is 1. The molecule has 1 N–H and O–H groups in total. The van der Waals surface area contributed by atoms with Crippen molar-refractivity contribution in [2.45, 2.75) is 58.4 Å². The van der Waals surface area contributed by atoms with E-state index in [2.05, 4.69) is 35.8 Å². The molecular weight excluding hydrogens is 372 g/mol. The molecule has 5 nitrogen and oxygen atoms in total. The lowest BCUT2D eigenvalue weighted by Crippen LogP contribution is -2.28. The van der Waals surface area contributed by atoms with Crippen LogP contribution in [0.1, 0.15) is 60.8 Å². The van der Waals surface area contributed by atoms with Gasteiger partial charge >= 0.3 is 0 Å². The number of amides is 1.